The van der Waals surface area contributed by atoms with Crippen molar-refractivity contribution in [2.75, 3.05) is 31.3 Å². The highest BCUT2D eigenvalue weighted by atomic mass is 16.5. The highest BCUT2D eigenvalue weighted by Crippen LogP contribution is 2.29. The van der Waals surface area contributed by atoms with Crippen LogP contribution in [0.1, 0.15) is 25.7 Å². The van der Waals surface area contributed by atoms with Gasteiger partial charge in [-0.1, -0.05) is 12.8 Å². The summed E-state index contributed by atoms with van der Waals surface area (Å²) in [5.74, 6) is 0.842. The Morgan fingerprint density at radius 2 is 1.89 bits per heavy atom. The third kappa shape index (κ3) is 2.98. The molecule has 1 saturated carbocycles. The minimum absolute atomic E-state index is 0.246. The molecule has 1 aliphatic rings. The van der Waals surface area contributed by atoms with Gasteiger partial charge in [-0.25, -0.2) is 0 Å². The number of nitrogens with zero attached hydrogens (tertiary/aromatic N) is 3. The average molecular weight is 253 g/mol. The number of nitrogens with one attached hydrogen (secondary N) is 2. The fourth-order valence-corrected chi connectivity index (χ4v) is 2.09. The van der Waals surface area contributed by atoms with Crippen LogP contribution in [0.4, 0.5) is 11.9 Å². The van der Waals surface area contributed by atoms with Crippen molar-refractivity contribution in [2.45, 2.75) is 31.3 Å². The van der Waals surface area contributed by atoms with E-state index in [1.165, 1.54) is 7.11 Å². The Morgan fingerprint density at radius 3 is 2.50 bits per heavy atom. The molecule has 1 heterocycles. The quantitative estimate of drug-likeness (QED) is 0.709. The summed E-state index contributed by atoms with van der Waals surface area (Å²) in [6, 6.07) is 0.246. The van der Waals surface area contributed by atoms with Gasteiger partial charge in [-0.15, -0.1) is 0 Å². The summed E-state index contributed by atoms with van der Waals surface area (Å²) < 4.78 is 4.99. The summed E-state index contributed by atoms with van der Waals surface area (Å²) in [5, 5.41) is 16.1. The second kappa shape index (κ2) is 5.34. The van der Waals surface area contributed by atoms with E-state index in [2.05, 4.69) is 25.6 Å². The summed E-state index contributed by atoms with van der Waals surface area (Å²) in [5.41, 5.74) is -0.639. The van der Waals surface area contributed by atoms with Crippen LogP contribution in [0.2, 0.25) is 0 Å². The van der Waals surface area contributed by atoms with Crippen LogP contribution in [0.5, 0.6) is 6.01 Å². The molecule has 18 heavy (non-hydrogen) atoms. The smallest absolute Gasteiger partial charge is 0.322 e. The maximum atomic E-state index is 10.2. The number of rotatable bonds is 5. The molecule has 2 rings (SSSR count). The van der Waals surface area contributed by atoms with E-state index >= 15 is 0 Å². The standard InChI is InChI=1S/C11H19N5O2/c1-12-8-14-9(16-10(15-8)18-2)13-7-11(17)5-3-4-6-11/h17H,3-7H2,1-2H3,(H2,12,13,14,15,16). The second-order valence-electron chi connectivity index (χ2n) is 4.50. The highest BCUT2D eigenvalue weighted by molar-refractivity contribution is 5.35. The second-order valence-corrected chi connectivity index (χ2v) is 4.50. The molecule has 0 radical (unpaired) electrons. The van der Waals surface area contributed by atoms with Gasteiger partial charge >= 0.3 is 6.01 Å². The van der Waals surface area contributed by atoms with Crippen LogP contribution in [0.15, 0.2) is 0 Å². The summed E-state index contributed by atoms with van der Waals surface area (Å²) in [7, 11) is 3.23. The minimum Gasteiger partial charge on any atom is -0.467 e. The third-order valence-electron chi connectivity index (χ3n) is 3.13. The van der Waals surface area contributed by atoms with Crippen LogP contribution in [-0.2, 0) is 0 Å². The topological polar surface area (TPSA) is 92.2 Å². The number of methoxy groups -OCH3 is 1. The SMILES string of the molecule is CNc1nc(NCC2(O)CCCC2)nc(OC)n1. The van der Waals surface area contributed by atoms with Gasteiger partial charge < -0.3 is 20.5 Å². The van der Waals surface area contributed by atoms with Gasteiger partial charge in [0.15, 0.2) is 0 Å². The Labute approximate surface area is 106 Å². The summed E-state index contributed by atoms with van der Waals surface area (Å²) in [6.07, 6.45) is 3.78. The van der Waals surface area contributed by atoms with Gasteiger partial charge in [-0.3, -0.25) is 0 Å². The molecule has 0 aromatic carbocycles. The number of anilines is 2. The van der Waals surface area contributed by atoms with E-state index in [0.717, 1.165) is 25.7 Å². The van der Waals surface area contributed by atoms with Crippen molar-refractivity contribution in [1.29, 1.82) is 0 Å². The van der Waals surface area contributed by atoms with Crippen LogP contribution < -0.4 is 15.4 Å². The summed E-state index contributed by atoms with van der Waals surface area (Å²) >= 11 is 0. The van der Waals surface area contributed by atoms with Crippen molar-refractivity contribution in [2.24, 2.45) is 0 Å². The molecule has 1 fully saturated rings. The van der Waals surface area contributed by atoms with Crippen molar-refractivity contribution in [3.63, 3.8) is 0 Å². The van der Waals surface area contributed by atoms with Crippen molar-refractivity contribution >= 4 is 11.9 Å². The predicted molar refractivity (Wildman–Crippen MR) is 67.8 cm³/mol. The first-order chi connectivity index (χ1) is 8.65. The van der Waals surface area contributed by atoms with Crippen LogP contribution in [0.3, 0.4) is 0 Å². The Morgan fingerprint density at radius 1 is 1.22 bits per heavy atom. The lowest BCUT2D eigenvalue weighted by molar-refractivity contribution is 0.0613. The zero-order chi connectivity index (χ0) is 13.0. The fraction of sp³-hybridized carbons (Fsp3) is 0.727. The number of hydrogen-bond donors (Lipinski definition) is 3. The van der Waals surface area contributed by atoms with E-state index in [-0.39, 0.29) is 6.01 Å². The molecule has 1 aliphatic carbocycles. The van der Waals surface area contributed by atoms with Gasteiger partial charge in [0.2, 0.25) is 11.9 Å². The average Bonchev–Trinajstić information content (AvgIpc) is 2.83. The monoisotopic (exact) mass is 253 g/mol. The minimum atomic E-state index is -0.639. The number of aromatic nitrogens is 3. The molecule has 0 spiro atoms. The van der Waals surface area contributed by atoms with Crippen molar-refractivity contribution in [1.82, 2.24) is 15.0 Å². The van der Waals surface area contributed by atoms with Gasteiger partial charge in [0.25, 0.3) is 0 Å². The van der Waals surface area contributed by atoms with Crippen molar-refractivity contribution in [3.05, 3.63) is 0 Å². The van der Waals surface area contributed by atoms with E-state index < -0.39 is 5.60 Å². The van der Waals surface area contributed by atoms with E-state index in [4.69, 9.17) is 4.74 Å². The number of ether oxygens (including phenoxy) is 1. The molecule has 1 aromatic rings. The molecule has 7 nitrogen and oxygen atoms in total. The van der Waals surface area contributed by atoms with Crippen LogP contribution in [-0.4, -0.2) is 46.4 Å². The Hall–Kier alpha value is -1.63. The van der Waals surface area contributed by atoms with Crippen molar-refractivity contribution in [3.8, 4) is 6.01 Å². The molecule has 0 atom stereocenters. The van der Waals surface area contributed by atoms with Crippen molar-refractivity contribution < 1.29 is 9.84 Å². The first kappa shape index (κ1) is 12.8. The van der Waals surface area contributed by atoms with Gasteiger partial charge in [-0.2, -0.15) is 15.0 Å². The lowest BCUT2D eigenvalue weighted by Gasteiger charge is -2.22. The normalized spacial score (nSPS) is 17.5. The fourth-order valence-electron chi connectivity index (χ4n) is 2.09. The first-order valence-electron chi connectivity index (χ1n) is 6.09. The maximum Gasteiger partial charge on any atom is 0.322 e. The zero-order valence-corrected chi connectivity index (χ0v) is 10.7. The molecule has 1 aromatic heterocycles. The lowest BCUT2D eigenvalue weighted by atomic mass is 10.0. The van der Waals surface area contributed by atoms with Gasteiger partial charge in [0, 0.05) is 13.6 Å². The summed E-state index contributed by atoms with van der Waals surface area (Å²) in [4.78, 5) is 12.3. The molecule has 100 valence electrons. The van der Waals surface area contributed by atoms with Gasteiger partial charge in [0.1, 0.15) is 0 Å². The van der Waals surface area contributed by atoms with Gasteiger partial charge in [-0.05, 0) is 12.8 Å². The van der Waals surface area contributed by atoms with Crippen LogP contribution in [0.25, 0.3) is 0 Å². The molecule has 7 heteroatoms. The third-order valence-corrected chi connectivity index (χ3v) is 3.13. The molecule has 3 N–H and O–H groups in total. The molecule has 0 saturated heterocycles. The van der Waals surface area contributed by atoms with Crippen LogP contribution >= 0.6 is 0 Å². The Bertz CT molecular complexity index is 384. The zero-order valence-electron chi connectivity index (χ0n) is 10.7. The lowest BCUT2D eigenvalue weighted by Crippen LogP contribution is -2.34. The number of hydrogen-bond acceptors (Lipinski definition) is 7. The largest absolute Gasteiger partial charge is 0.467 e. The Balaban J connectivity index is 2.04. The van der Waals surface area contributed by atoms with Crippen LogP contribution in [0, 0.1) is 0 Å². The maximum absolute atomic E-state index is 10.2. The molecule has 0 bridgehead atoms. The molecular formula is C11H19N5O2. The number of aliphatic hydroxyl groups is 1. The van der Waals surface area contributed by atoms with E-state index in [1.807, 2.05) is 0 Å². The predicted octanol–water partition coefficient (Wildman–Crippen LogP) is 0.639. The molecule has 0 aliphatic heterocycles. The first-order valence-corrected chi connectivity index (χ1v) is 6.09. The van der Waals surface area contributed by atoms with E-state index in [0.29, 0.717) is 18.4 Å². The van der Waals surface area contributed by atoms with Gasteiger partial charge in [0.05, 0.1) is 12.7 Å². The highest BCUT2D eigenvalue weighted by Gasteiger charge is 2.31. The Kier molecular flexibility index (Phi) is 3.81. The van der Waals surface area contributed by atoms with E-state index in [9.17, 15) is 5.11 Å². The van der Waals surface area contributed by atoms with E-state index in [1.54, 1.807) is 7.05 Å². The molecule has 0 unspecified atom stereocenters. The molecular weight excluding hydrogens is 234 g/mol. The summed E-state index contributed by atoms with van der Waals surface area (Å²) in [6.45, 7) is 0.448. The molecule has 0 amide bonds.